The molecule has 0 aliphatic heterocycles. The van der Waals surface area contributed by atoms with E-state index in [0.29, 0.717) is 22.3 Å². The van der Waals surface area contributed by atoms with Gasteiger partial charge in [-0.05, 0) is 36.8 Å². The summed E-state index contributed by atoms with van der Waals surface area (Å²) in [4.78, 5) is 37.2. The first kappa shape index (κ1) is 12.9. The summed E-state index contributed by atoms with van der Waals surface area (Å²) >= 11 is 0. The van der Waals surface area contributed by atoms with E-state index in [4.69, 9.17) is 5.11 Å². The largest absolute Gasteiger partial charge is 0.478 e. The summed E-state index contributed by atoms with van der Waals surface area (Å²) in [6, 6.07) is 7.22. The molecule has 21 heavy (non-hydrogen) atoms. The summed E-state index contributed by atoms with van der Waals surface area (Å²) < 4.78 is 1.26. The molecule has 0 radical (unpaired) electrons. The maximum Gasteiger partial charge on any atom is 0.335 e. The van der Waals surface area contributed by atoms with Crippen LogP contribution in [0.5, 0.6) is 0 Å². The molecular formula is C14H11N3O4. The first-order chi connectivity index (χ1) is 9.97. The summed E-state index contributed by atoms with van der Waals surface area (Å²) in [5, 5.41) is 12.1. The van der Waals surface area contributed by atoms with E-state index in [1.54, 1.807) is 6.92 Å². The highest BCUT2D eigenvalue weighted by Crippen LogP contribution is 2.12. The van der Waals surface area contributed by atoms with Crippen molar-refractivity contribution in [2.45, 2.75) is 6.92 Å². The predicted molar refractivity (Wildman–Crippen MR) is 76.2 cm³/mol. The molecule has 3 rings (SSSR count). The Morgan fingerprint density at radius 1 is 1.19 bits per heavy atom. The molecule has 0 atom stereocenters. The van der Waals surface area contributed by atoms with Gasteiger partial charge in [-0.1, -0.05) is 0 Å². The standard InChI is InChI=1S/C14H11N3O4/c1-7-6-10(18)15-12-11(7)13(19)17(16-12)9-4-2-8(3-5-9)14(20)21/h2-6H,1H3,(H,20,21)(H2,15,16,18). The topological polar surface area (TPSA) is 108 Å². The molecule has 3 N–H and O–H groups in total. The maximum absolute atomic E-state index is 12.4. The summed E-state index contributed by atoms with van der Waals surface area (Å²) in [5.41, 5.74) is 0.939. The molecule has 0 fully saturated rings. The van der Waals surface area contributed by atoms with Crippen LogP contribution in [0.15, 0.2) is 39.9 Å². The zero-order chi connectivity index (χ0) is 15.1. The second kappa shape index (κ2) is 4.48. The first-order valence-electron chi connectivity index (χ1n) is 6.16. The van der Waals surface area contributed by atoms with Crippen LogP contribution in [-0.4, -0.2) is 25.8 Å². The summed E-state index contributed by atoms with van der Waals surface area (Å²) in [6.45, 7) is 1.69. The molecule has 2 aromatic heterocycles. The lowest BCUT2D eigenvalue weighted by Crippen LogP contribution is -2.15. The number of carbonyl (C=O) groups is 1. The van der Waals surface area contributed by atoms with Gasteiger partial charge in [0.1, 0.15) is 5.65 Å². The zero-order valence-corrected chi connectivity index (χ0v) is 11.0. The summed E-state index contributed by atoms with van der Waals surface area (Å²) in [6.07, 6.45) is 0. The highest BCUT2D eigenvalue weighted by molar-refractivity contribution is 5.87. The van der Waals surface area contributed by atoms with Crippen molar-refractivity contribution < 1.29 is 9.90 Å². The van der Waals surface area contributed by atoms with Gasteiger partial charge in [-0.3, -0.25) is 14.7 Å². The number of aromatic nitrogens is 3. The van der Waals surface area contributed by atoms with Crippen LogP contribution in [0.2, 0.25) is 0 Å². The minimum absolute atomic E-state index is 0.132. The van der Waals surface area contributed by atoms with Crippen molar-refractivity contribution in [3.8, 4) is 5.69 Å². The molecule has 0 saturated heterocycles. The van der Waals surface area contributed by atoms with Crippen LogP contribution in [0.3, 0.4) is 0 Å². The molecule has 1 aromatic carbocycles. The lowest BCUT2D eigenvalue weighted by molar-refractivity contribution is 0.0697. The van der Waals surface area contributed by atoms with Crippen LogP contribution >= 0.6 is 0 Å². The number of hydrogen-bond acceptors (Lipinski definition) is 3. The number of aromatic carboxylic acids is 1. The second-order valence-electron chi connectivity index (χ2n) is 4.67. The van der Waals surface area contributed by atoms with Crippen molar-refractivity contribution >= 4 is 17.0 Å². The average Bonchev–Trinajstić information content (AvgIpc) is 2.76. The number of fused-ring (bicyclic) bond motifs is 1. The lowest BCUT2D eigenvalue weighted by Gasteiger charge is -2.01. The normalized spacial score (nSPS) is 10.9. The van der Waals surface area contributed by atoms with Gasteiger partial charge >= 0.3 is 5.97 Å². The number of H-pyrrole nitrogens is 2. The van der Waals surface area contributed by atoms with Crippen LogP contribution in [0.25, 0.3) is 16.7 Å². The van der Waals surface area contributed by atoms with Gasteiger partial charge in [0.2, 0.25) is 5.56 Å². The van der Waals surface area contributed by atoms with E-state index in [2.05, 4.69) is 10.1 Å². The number of aryl methyl sites for hydroxylation is 1. The third kappa shape index (κ3) is 2.04. The van der Waals surface area contributed by atoms with Gasteiger partial charge in [0.15, 0.2) is 0 Å². The third-order valence-electron chi connectivity index (χ3n) is 3.25. The Hall–Kier alpha value is -3.09. The molecule has 0 bridgehead atoms. The Balaban J connectivity index is 2.23. The number of nitrogens with one attached hydrogen (secondary N) is 2. The van der Waals surface area contributed by atoms with Crippen LogP contribution in [-0.2, 0) is 0 Å². The van der Waals surface area contributed by atoms with Gasteiger partial charge in [0.05, 0.1) is 16.6 Å². The fourth-order valence-electron chi connectivity index (χ4n) is 2.26. The van der Waals surface area contributed by atoms with E-state index >= 15 is 0 Å². The molecule has 7 heteroatoms. The fraction of sp³-hybridized carbons (Fsp3) is 0.0714. The lowest BCUT2D eigenvalue weighted by atomic mass is 10.2. The molecule has 0 saturated carbocycles. The minimum Gasteiger partial charge on any atom is -0.478 e. The monoisotopic (exact) mass is 285 g/mol. The zero-order valence-electron chi connectivity index (χ0n) is 11.0. The number of carboxylic acids is 1. The summed E-state index contributed by atoms with van der Waals surface area (Å²) in [5.74, 6) is -1.04. The number of nitrogens with zero attached hydrogens (tertiary/aromatic N) is 1. The van der Waals surface area contributed by atoms with Crippen molar-refractivity contribution in [3.05, 3.63) is 62.2 Å². The van der Waals surface area contributed by atoms with Crippen molar-refractivity contribution in [2.75, 3.05) is 0 Å². The summed E-state index contributed by atoms with van der Waals surface area (Å²) in [7, 11) is 0. The van der Waals surface area contributed by atoms with Crippen molar-refractivity contribution in [3.63, 3.8) is 0 Å². The van der Waals surface area contributed by atoms with E-state index in [1.807, 2.05) is 0 Å². The van der Waals surface area contributed by atoms with E-state index in [1.165, 1.54) is 35.0 Å². The van der Waals surface area contributed by atoms with Gasteiger partial charge in [-0.2, -0.15) is 0 Å². The number of benzene rings is 1. The Morgan fingerprint density at radius 3 is 2.48 bits per heavy atom. The molecule has 0 amide bonds. The van der Waals surface area contributed by atoms with E-state index in [0.717, 1.165) is 0 Å². The SMILES string of the molecule is Cc1cc(=O)[nH]c2[nH]n(-c3ccc(C(=O)O)cc3)c(=O)c12. The van der Waals surface area contributed by atoms with Crippen molar-refractivity contribution in [1.29, 1.82) is 0 Å². The molecule has 0 aliphatic carbocycles. The Kier molecular flexibility index (Phi) is 2.76. The van der Waals surface area contributed by atoms with E-state index in [-0.39, 0.29) is 16.7 Å². The van der Waals surface area contributed by atoms with Crippen LogP contribution in [0.1, 0.15) is 15.9 Å². The Bertz CT molecular complexity index is 961. The number of aromatic amines is 2. The molecule has 7 nitrogen and oxygen atoms in total. The second-order valence-corrected chi connectivity index (χ2v) is 4.67. The molecule has 3 aromatic rings. The smallest absolute Gasteiger partial charge is 0.335 e. The van der Waals surface area contributed by atoms with Gasteiger partial charge in [0.25, 0.3) is 5.56 Å². The van der Waals surface area contributed by atoms with Crippen LogP contribution in [0.4, 0.5) is 0 Å². The van der Waals surface area contributed by atoms with Gasteiger partial charge in [0, 0.05) is 6.07 Å². The number of carboxylic acid groups (broad SMARTS) is 1. The highest BCUT2D eigenvalue weighted by atomic mass is 16.4. The number of pyridine rings is 1. The Labute approximate surface area is 117 Å². The highest BCUT2D eigenvalue weighted by Gasteiger charge is 2.12. The van der Waals surface area contributed by atoms with Gasteiger partial charge in [-0.15, -0.1) is 0 Å². The average molecular weight is 285 g/mol. The molecule has 2 heterocycles. The van der Waals surface area contributed by atoms with E-state index < -0.39 is 5.97 Å². The molecular weight excluding hydrogens is 274 g/mol. The van der Waals surface area contributed by atoms with Gasteiger partial charge in [-0.25, -0.2) is 9.48 Å². The van der Waals surface area contributed by atoms with E-state index in [9.17, 15) is 14.4 Å². The quantitative estimate of drug-likeness (QED) is 0.653. The third-order valence-corrected chi connectivity index (χ3v) is 3.25. The number of rotatable bonds is 2. The minimum atomic E-state index is -1.04. The predicted octanol–water partition coefficient (Wildman–Crippen LogP) is 1.01. The van der Waals surface area contributed by atoms with Crippen LogP contribution < -0.4 is 11.1 Å². The molecule has 0 spiro atoms. The molecule has 0 aliphatic rings. The Morgan fingerprint density at radius 2 is 1.86 bits per heavy atom. The van der Waals surface area contributed by atoms with Gasteiger partial charge < -0.3 is 10.1 Å². The maximum atomic E-state index is 12.4. The first-order valence-corrected chi connectivity index (χ1v) is 6.16. The number of hydrogen-bond donors (Lipinski definition) is 3. The van der Waals surface area contributed by atoms with Crippen molar-refractivity contribution in [2.24, 2.45) is 0 Å². The molecule has 0 unspecified atom stereocenters. The van der Waals surface area contributed by atoms with Crippen molar-refractivity contribution in [1.82, 2.24) is 14.8 Å². The van der Waals surface area contributed by atoms with Crippen LogP contribution in [0, 0.1) is 6.92 Å². The fourth-order valence-corrected chi connectivity index (χ4v) is 2.26. The molecule has 106 valence electrons.